The van der Waals surface area contributed by atoms with Crippen LogP contribution in [-0.4, -0.2) is 10.9 Å². The summed E-state index contributed by atoms with van der Waals surface area (Å²) in [5, 5.41) is 3.06. The molecule has 0 aromatic carbocycles. The van der Waals surface area contributed by atoms with Gasteiger partial charge in [0.2, 0.25) is 0 Å². The maximum absolute atomic E-state index is 11.7. The first-order chi connectivity index (χ1) is 6.92. The Morgan fingerprint density at radius 1 is 1.33 bits per heavy atom. The van der Waals surface area contributed by atoms with E-state index < -0.39 is 0 Å². The average Bonchev–Trinajstić information content (AvgIpc) is 2.65. The number of aromatic nitrogens is 1. The van der Waals surface area contributed by atoms with Crippen LogP contribution in [0.25, 0.3) is 0 Å². The molecule has 80 valence electrons. The van der Waals surface area contributed by atoms with E-state index in [0.717, 1.165) is 29.8 Å². The number of hydrogen-bond acceptors (Lipinski definition) is 1. The van der Waals surface area contributed by atoms with Gasteiger partial charge in [-0.3, -0.25) is 4.79 Å². The molecule has 1 amide bonds. The van der Waals surface area contributed by atoms with Gasteiger partial charge in [-0.2, -0.15) is 0 Å². The van der Waals surface area contributed by atoms with Crippen molar-refractivity contribution in [1.29, 1.82) is 0 Å². The fraction of sp³-hybridized carbons (Fsp3) is 0.583. The molecule has 2 heterocycles. The molecule has 2 aliphatic rings. The second-order valence-corrected chi connectivity index (χ2v) is 5.76. The molecular formula is C12H16N2O. The van der Waals surface area contributed by atoms with Gasteiger partial charge in [0.05, 0.1) is 16.8 Å². The van der Waals surface area contributed by atoms with Crippen LogP contribution in [-0.2, 0) is 11.0 Å². The Kier molecular flexibility index (Phi) is 1.37. The Labute approximate surface area is 89.3 Å². The van der Waals surface area contributed by atoms with Crippen LogP contribution in [0, 0.1) is 0 Å². The minimum Gasteiger partial charge on any atom is -0.359 e. The van der Waals surface area contributed by atoms with Crippen molar-refractivity contribution in [3.63, 3.8) is 0 Å². The molecule has 0 atom stereocenters. The van der Waals surface area contributed by atoms with Crippen molar-refractivity contribution in [3.8, 4) is 0 Å². The topological polar surface area (TPSA) is 44.9 Å². The number of carbonyl (C=O) groups is 1. The number of amides is 1. The first-order valence-corrected chi connectivity index (χ1v) is 5.49. The van der Waals surface area contributed by atoms with Gasteiger partial charge in [0, 0.05) is 11.1 Å². The van der Waals surface area contributed by atoms with Crippen molar-refractivity contribution < 1.29 is 4.79 Å². The summed E-state index contributed by atoms with van der Waals surface area (Å²) in [6.07, 6.45) is 2.16. The summed E-state index contributed by atoms with van der Waals surface area (Å²) in [4.78, 5) is 15.2. The molecule has 1 aromatic heterocycles. The smallest absolute Gasteiger partial charge is 0.253 e. The first kappa shape index (κ1) is 9.01. The van der Waals surface area contributed by atoms with Crippen molar-refractivity contribution in [1.82, 2.24) is 10.3 Å². The minimum atomic E-state index is -0.0179. The van der Waals surface area contributed by atoms with Crippen molar-refractivity contribution in [2.24, 2.45) is 0 Å². The molecule has 1 aliphatic carbocycles. The van der Waals surface area contributed by atoms with E-state index in [-0.39, 0.29) is 16.9 Å². The second kappa shape index (κ2) is 2.29. The molecule has 0 unspecified atom stereocenters. The molecule has 2 N–H and O–H groups in total. The molecular weight excluding hydrogens is 188 g/mol. The van der Waals surface area contributed by atoms with Crippen LogP contribution < -0.4 is 5.32 Å². The first-order valence-electron chi connectivity index (χ1n) is 5.49. The zero-order valence-electron chi connectivity index (χ0n) is 9.40. The van der Waals surface area contributed by atoms with Crippen LogP contribution in [0.15, 0.2) is 6.07 Å². The van der Waals surface area contributed by atoms with Crippen molar-refractivity contribution >= 4 is 5.91 Å². The molecule has 3 rings (SSSR count). The van der Waals surface area contributed by atoms with Crippen LogP contribution >= 0.6 is 0 Å². The summed E-state index contributed by atoms with van der Waals surface area (Å²) >= 11 is 0. The summed E-state index contributed by atoms with van der Waals surface area (Å²) in [5.74, 6) is 0.0919. The molecule has 1 spiro atoms. The number of H-pyrrole nitrogens is 1. The van der Waals surface area contributed by atoms with Gasteiger partial charge in [-0.1, -0.05) is 20.8 Å². The molecule has 0 radical (unpaired) electrons. The van der Waals surface area contributed by atoms with Crippen LogP contribution in [0.5, 0.6) is 0 Å². The Morgan fingerprint density at radius 3 is 2.53 bits per heavy atom. The highest BCUT2D eigenvalue weighted by molar-refractivity contribution is 6.00. The van der Waals surface area contributed by atoms with Gasteiger partial charge in [0.15, 0.2) is 0 Å². The van der Waals surface area contributed by atoms with E-state index in [1.165, 1.54) is 0 Å². The molecule has 1 aromatic rings. The van der Waals surface area contributed by atoms with Gasteiger partial charge in [-0.25, -0.2) is 0 Å². The lowest BCUT2D eigenvalue weighted by atomic mass is 9.92. The SMILES string of the molecule is CC(C)(C)c1cc2c([nH]1)C1(CC1)NC2=O. The Hall–Kier alpha value is -1.25. The quantitative estimate of drug-likeness (QED) is 0.667. The largest absolute Gasteiger partial charge is 0.359 e. The van der Waals surface area contributed by atoms with Crippen LogP contribution in [0.1, 0.15) is 55.4 Å². The van der Waals surface area contributed by atoms with Gasteiger partial charge in [-0.15, -0.1) is 0 Å². The third-order valence-corrected chi connectivity index (χ3v) is 3.45. The maximum Gasteiger partial charge on any atom is 0.253 e. The number of aromatic amines is 1. The summed E-state index contributed by atoms with van der Waals surface area (Å²) in [5.41, 5.74) is 3.21. The number of fused-ring (bicyclic) bond motifs is 2. The predicted molar refractivity (Wildman–Crippen MR) is 57.9 cm³/mol. The van der Waals surface area contributed by atoms with Gasteiger partial charge in [-0.05, 0) is 18.9 Å². The molecule has 0 saturated heterocycles. The highest BCUT2D eigenvalue weighted by Gasteiger charge is 2.53. The van der Waals surface area contributed by atoms with E-state index in [9.17, 15) is 4.79 Å². The van der Waals surface area contributed by atoms with Crippen LogP contribution in [0.4, 0.5) is 0 Å². The van der Waals surface area contributed by atoms with Gasteiger partial charge >= 0.3 is 0 Å². The number of nitrogens with one attached hydrogen (secondary N) is 2. The van der Waals surface area contributed by atoms with E-state index in [0.29, 0.717) is 0 Å². The van der Waals surface area contributed by atoms with E-state index in [2.05, 4.69) is 31.1 Å². The molecule has 3 heteroatoms. The van der Waals surface area contributed by atoms with Crippen molar-refractivity contribution in [2.45, 2.75) is 44.6 Å². The summed E-state index contributed by atoms with van der Waals surface area (Å²) in [7, 11) is 0. The highest BCUT2D eigenvalue weighted by atomic mass is 16.2. The van der Waals surface area contributed by atoms with E-state index >= 15 is 0 Å². The third kappa shape index (κ3) is 1.09. The fourth-order valence-corrected chi connectivity index (χ4v) is 2.26. The third-order valence-electron chi connectivity index (χ3n) is 3.45. The standard InChI is InChI=1S/C12H16N2O/c1-11(2,3)8-6-7-9(13-8)12(4-5-12)14-10(7)15/h6,13H,4-5H2,1-3H3,(H,14,15). The average molecular weight is 204 g/mol. The Balaban J connectivity index is 2.13. The second-order valence-electron chi connectivity index (χ2n) is 5.76. The molecule has 0 bridgehead atoms. The number of hydrogen-bond donors (Lipinski definition) is 2. The summed E-state index contributed by atoms with van der Waals surface area (Å²) < 4.78 is 0. The number of carbonyl (C=O) groups excluding carboxylic acids is 1. The zero-order valence-corrected chi connectivity index (χ0v) is 9.40. The summed E-state index contributed by atoms with van der Waals surface area (Å²) in [6, 6.07) is 2.01. The Bertz CT molecular complexity index is 447. The van der Waals surface area contributed by atoms with Crippen molar-refractivity contribution in [3.05, 3.63) is 23.0 Å². The van der Waals surface area contributed by atoms with Gasteiger partial charge in [0.25, 0.3) is 5.91 Å². The summed E-state index contributed by atoms with van der Waals surface area (Å²) in [6.45, 7) is 6.47. The van der Waals surface area contributed by atoms with E-state index in [1.54, 1.807) is 0 Å². The zero-order chi connectivity index (χ0) is 10.8. The van der Waals surface area contributed by atoms with E-state index in [4.69, 9.17) is 0 Å². The van der Waals surface area contributed by atoms with Crippen LogP contribution in [0.2, 0.25) is 0 Å². The Morgan fingerprint density at radius 2 is 2.00 bits per heavy atom. The molecule has 1 fully saturated rings. The number of rotatable bonds is 0. The highest BCUT2D eigenvalue weighted by Crippen LogP contribution is 2.50. The molecule has 1 aliphatic heterocycles. The lowest BCUT2D eigenvalue weighted by Crippen LogP contribution is -2.26. The monoisotopic (exact) mass is 204 g/mol. The molecule has 3 nitrogen and oxygen atoms in total. The minimum absolute atomic E-state index is 0.0179. The lowest BCUT2D eigenvalue weighted by Gasteiger charge is -2.17. The molecule has 1 saturated carbocycles. The van der Waals surface area contributed by atoms with Gasteiger partial charge < -0.3 is 10.3 Å². The van der Waals surface area contributed by atoms with Crippen LogP contribution in [0.3, 0.4) is 0 Å². The normalized spacial score (nSPS) is 21.7. The maximum atomic E-state index is 11.7. The lowest BCUT2D eigenvalue weighted by molar-refractivity contribution is 0.0952. The van der Waals surface area contributed by atoms with Gasteiger partial charge in [0.1, 0.15) is 0 Å². The molecule has 15 heavy (non-hydrogen) atoms. The van der Waals surface area contributed by atoms with E-state index in [1.807, 2.05) is 6.07 Å². The van der Waals surface area contributed by atoms with Crippen molar-refractivity contribution in [2.75, 3.05) is 0 Å². The fourth-order valence-electron chi connectivity index (χ4n) is 2.26. The predicted octanol–water partition coefficient (Wildman–Crippen LogP) is 2.04.